The number of hydrogen-bond donors (Lipinski definition) is 2. The van der Waals surface area contributed by atoms with Crippen LogP contribution in [0.25, 0.3) is 10.9 Å². The van der Waals surface area contributed by atoms with Gasteiger partial charge in [0, 0.05) is 35.2 Å². The average Bonchev–Trinajstić information content (AvgIpc) is 3.01. The minimum absolute atomic E-state index is 0.636. The normalized spacial score (nSPS) is 39.0. The summed E-state index contributed by atoms with van der Waals surface area (Å²) in [7, 11) is 0. The predicted octanol–water partition coefficient (Wildman–Crippen LogP) is 3.23. The topological polar surface area (TPSA) is 31.1 Å². The zero-order valence-corrected chi connectivity index (χ0v) is 13.6. The second-order valence-corrected chi connectivity index (χ2v) is 8.09. The van der Waals surface area contributed by atoms with Crippen molar-refractivity contribution < 1.29 is 0 Å². The summed E-state index contributed by atoms with van der Waals surface area (Å²) in [6, 6.07) is 11.1. The number of aromatic nitrogens is 1. The summed E-state index contributed by atoms with van der Waals surface area (Å²) < 4.78 is 0. The number of benzene rings is 1. The summed E-state index contributed by atoms with van der Waals surface area (Å²) in [5.41, 5.74) is 4.51. The maximum atomic E-state index is 3.91. The summed E-state index contributed by atoms with van der Waals surface area (Å²) in [6.07, 6.45) is 6.89. The number of nitrogens with zero attached hydrogens (tertiary/aromatic N) is 1. The first kappa shape index (κ1) is 13.0. The van der Waals surface area contributed by atoms with Crippen molar-refractivity contribution in [2.75, 3.05) is 13.1 Å². The van der Waals surface area contributed by atoms with Gasteiger partial charge in [-0.1, -0.05) is 18.2 Å². The molecule has 2 bridgehead atoms. The Morgan fingerprint density at radius 1 is 1.04 bits per heavy atom. The van der Waals surface area contributed by atoms with Gasteiger partial charge in [0.05, 0.1) is 6.04 Å². The van der Waals surface area contributed by atoms with E-state index in [1.165, 1.54) is 56.1 Å². The Morgan fingerprint density at radius 2 is 2.00 bits per heavy atom. The lowest BCUT2D eigenvalue weighted by atomic mass is 9.61. The fourth-order valence-corrected chi connectivity index (χ4v) is 6.48. The fraction of sp³-hybridized carbons (Fsp3) is 0.600. The molecule has 2 N–H and O–H groups in total. The van der Waals surface area contributed by atoms with Crippen molar-refractivity contribution in [2.45, 2.75) is 50.2 Å². The third kappa shape index (κ3) is 1.62. The molecular weight excluding hydrogens is 282 g/mol. The fourth-order valence-electron chi connectivity index (χ4n) is 6.48. The molecule has 5 heterocycles. The van der Waals surface area contributed by atoms with Crippen LogP contribution in [0.2, 0.25) is 0 Å². The van der Waals surface area contributed by atoms with Crippen molar-refractivity contribution in [3.05, 3.63) is 35.5 Å². The highest BCUT2D eigenvalue weighted by Crippen LogP contribution is 2.54. The molecule has 0 amide bonds. The van der Waals surface area contributed by atoms with Gasteiger partial charge in [-0.3, -0.25) is 4.90 Å². The van der Waals surface area contributed by atoms with Crippen LogP contribution in [0.4, 0.5) is 0 Å². The molecule has 0 spiro atoms. The monoisotopic (exact) mass is 307 g/mol. The molecule has 3 nitrogen and oxygen atoms in total. The molecule has 7 rings (SSSR count). The van der Waals surface area contributed by atoms with Crippen LogP contribution >= 0.6 is 0 Å². The van der Waals surface area contributed by atoms with E-state index in [2.05, 4.69) is 39.5 Å². The maximum Gasteiger partial charge on any atom is 0.0547 e. The first-order chi connectivity index (χ1) is 11.4. The predicted molar refractivity (Wildman–Crippen MR) is 92.5 cm³/mol. The molecule has 5 aliphatic rings. The first-order valence-corrected chi connectivity index (χ1v) is 9.50. The highest BCUT2D eigenvalue weighted by atomic mass is 15.3. The van der Waals surface area contributed by atoms with E-state index >= 15 is 0 Å². The number of para-hydroxylation sites is 1. The molecule has 3 saturated heterocycles. The molecular formula is C20H25N3. The SMILES string of the molecule is c1ccc2c3c([nH]c2c1)[C@H]1[C@H]2CC[C@@H]([C@H]4CCCN[C@H]42)N1CC3. The number of hydrogen-bond acceptors (Lipinski definition) is 2. The second-order valence-electron chi connectivity index (χ2n) is 8.09. The second kappa shape index (κ2) is 4.61. The van der Waals surface area contributed by atoms with Crippen LogP contribution in [0.1, 0.15) is 43.0 Å². The van der Waals surface area contributed by atoms with E-state index in [1.54, 1.807) is 11.3 Å². The maximum absolute atomic E-state index is 3.91. The highest BCUT2D eigenvalue weighted by Gasteiger charge is 2.55. The number of aromatic amines is 1. The third-order valence-corrected chi connectivity index (χ3v) is 7.26. The van der Waals surface area contributed by atoms with Crippen LogP contribution < -0.4 is 5.32 Å². The van der Waals surface area contributed by atoms with Crippen LogP contribution in [0.15, 0.2) is 24.3 Å². The largest absolute Gasteiger partial charge is 0.357 e. The van der Waals surface area contributed by atoms with Crippen LogP contribution in [-0.4, -0.2) is 35.1 Å². The number of fused-ring (bicyclic) bond motifs is 4. The molecule has 2 aromatic rings. The number of piperidine rings is 3. The summed E-state index contributed by atoms with van der Waals surface area (Å²) in [5, 5.41) is 5.38. The number of nitrogens with one attached hydrogen (secondary N) is 2. The summed E-state index contributed by atoms with van der Waals surface area (Å²) in [6.45, 7) is 2.50. The van der Waals surface area contributed by atoms with Gasteiger partial charge in [-0.2, -0.15) is 0 Å². The third-order valence-electron chi connectivity index (χ3n) is 7.26. The Morgan fingerprint density at radius 3 is 3.00 bits per heavy atom. The van der Waals surface area contributed by atoms with E-state index in [1.807, 2.05) is 0 Å². The molecule has 1 aliphatic carbocycles. The van der Waals surface area contributed by atoms with Crippen LogP contribution in [0.3, 0.4) is 0 Å². The molecule has 4 fully saturated rings. The molecule has 120 valence electrons. The quantitative estimate of drug-likeness (QED) is 0.783. The Kier molecular flexibility index (Phi) is 2.61. The molecule has 23 heavy (non-hydrogen) atoms. The smallest absolute Gasteiger partial charge is 0.0547 e. The van der Waals surface area contributed by atoms with E-state index < -0.39 is 0 Å². The Bertz CT molecular complexity index is 763. The lowest BCUT2D eigenvalue weighted by molar-refractivity contribution is -0.0920. The molecule has 1 aromatic carbocycles. The van der Waals surface area contributed by atoms with Crippen molar-refractivity contribution in [1.29, 1.82) is 0 Å². The van der Waals surface area contributed by atoms with Gasteiger partial charge in [-0.25, -0.2) is 0 Å². The Balaban J connectivity index is 1.50. The molecule has 3 heteroatoms. The van der Waals surface area contributed by atoms with Gasteiger partial charge in [0.2, 0.25) is 0 Å². The average molecular weight is 307 g/mol. The molecule has 1 saturated carbocycles. The Hall–Kier alpha value is -1.32. The van der Waals surface area contributed by atoms with Crippen molar-refractivity contribution in [3.8, 4) is 0 Å². The van der Waals surface area contributed by atoms with Crippen molar-refractivity contribution in [2.24, 2.45) is 11.8 Å². The van der Waals surface area contributed by atoms with Gasteiger partial charge in [0.15, 0.2) is 0 Å². The molecule has 5 atom stereocenters. The zero-order valence-electron chi connectivity index (χ0n) is 13.6. The summed E-state index contributed by atoms with van der Waals surface area (Å²) in [5.74, 6) is 1.71. The molecule has 0 radical (unpaired) electrons. The summed E-state index contributed by atoms with van der Waals surface area (Å²) >= 11 is 0. The van der Waals surface area contributed by atoms with Gasteiger partial charge < -0.3 is 10.3 Å². The Labute approximate surface area is 137 Å². The minimum Gasteiger partial charge on any atom is -0.357 e. The molecule has 4 aliphatic heterocycles. The van der Waals surface area contributed by atoms with Crippen molar-refractivity contribution >= 4 is 10.9 Å². The lowest BCUT2D eigenvalue weighted by Crippen LogP contribution is -2.67. The van der Waals surface area contributed by atoms with Gasteiger partial charge in [-0.05, 0) is 62.1 Å². The van der Waals surface area contributed by atoms with E-state index in [9.17, 15) is 0 Å². The lowest BCUT2D eigenvalue weighted by Gasteiger charge is -2.61. The van der Waals surface area contributed by atoms with Crippen LogP contribution in [0, 0.1) is 11.8 Å². The highest BCUT2D eigenvalue weighted by molar-refractivity contribution is 5.85. The van der Waals surface area contributed by atoms with Gasteiger partial charge in [0.25, 0.3) is 0 Å². The molecule has 0 unspecified atom stereocenters. The van der Waals surface area contributed by atoms with Crippen molar-refractivity contribution in [1.82, 2.24) is 15.2 Å². The van der Waals surface area contributed by atoms with Gasteiger partial charge in [0.1, 0.15) is 0 Å². The van der Waals surface area contributed by atoms with E-state index in [0.717, 1.165) is 23.9 Å². The first-order valence-electron chi connectivity index (χ1n) is 9.50. The zero-order chi connectivity index (χ0) is 15.0. The van der Waals surface area contributed by atoms with Crippen molar-refractivity contribution in [3.63, 3.8) is 0 Å². The number of H-pyrrole nitrogens is 1. The van der Waals surface area contributed by atoms with Crippen LogP contribution in [-0.2, 0) is 6.42 Å². The number of rotatable bonds is 0. The van der Waals surface area contributed by atoms with Crippen LogP contribution in [0.5, 0.6) is 0 Å². The molecule has 1 aromatic heterocycles. The minimum atomic E-state index is 0.636. The van der Waals surface area contributed by atoms with E-state index in [0.29, 0.717) is 6.04 Å². The van der Waals surface area contributed by atoms with E-state index in [4.69, 9.17) is 0 Å². The summed E-state index contributed by atoms with van der Waals surface area (Å²) in [4.78, 5) is 6.72. The van der Waals surface area contributed by atoms with Gasteiger partial charge >= 0.3 is 0 Å². The standard InChI is InChI=1S/C20H25N3/c1-2-6-16-12(4-1)13-9-11-23-17-8-7-15(20(23)19(13)22-16)18-14(17)5-3-10-21-18/h1-2,4,6,14-15,17-18,20-22H,3,5,7-11H2/t14-,15+,17+,18-,20-/m1/s1. The van der Waals surface area contributed by atoms with Gasteiger partial charge in [-0.15, -0.1) is 0 Å². The van der Waals surface area contributed by atoms with E-state index in [-0.39, 0.29) is 0 Å².